The van der Waals surface area contributed by atoms with Crippen molar-refractivity contribution in [3.05, 3.63) is 27.1 Å². The Morgan fingerprint density at radius 2 is 2.50 bits per heavy atom. The molecule has 6 heteroatoms. The van der Waals surface area contributed by atoms with E-state index in [2.05, 4.69) is 9.97 Å². The van der Waals surface area contributed by atoms with E-state index in [9.17, 15) is 9.59 Å². The maximum Gasteiger partial charge on any atom is 0.313 e. The monoisotopic (exact) mass is 264 g/mol. The molecule has 0 unspecified atom stereocenters. The molecule has 2 aromatic rings. The molecule has 1 atom stereocenters. The van der Waals surface area contributed by atoms with Crippen molar-refractivity contribution < 1.29 is 9.53 Å². The summed E-state index contributed by atoms with van der Waals surface area (Å²) in [5.41, 5.74) is 0.663. The average Bonchev–Trinajstić information content (AvgIpc) is 2.87. The lowest BCUT2D eigenvalue weighted by Crippen LogP contribution is -2.15. The Bertz CT molecular complexity index is 674. The minimum atomic E-state index is -0.306. The molecule has 2 heterocycles. The first-order chi connectivity index (χ1) is 8.72. The van der Waals surface area contributed by atoms with Crippen LogP contribution < -0.4 is 5.56 Å². The van der Waals surface area contributed by atoms with Gasteiger partial charge < -0.3 is 9.72 Å². The Hall–Kier alpha value is -1.69. The lowest BCUT2D eigenvalue weighted by atomic mass is 10.0. The van der Waals surface area contributed by atoms with E-state index in [1.165, 1.54) is 17.7 Å². The van der Waals surface area contributed by atoms with Crippen molar-refractivity contribution in [2.24, 2.45) is 0 Å². The number of aromatic nitrogens is 2. The first-order valence-electron chi connectivity index (χ1n) is 5.88. The van der Waals surface area contributed by atoms with Gasteiger partial charge in [0.25, 0.3) is 5.56 Å². The largest absolute Gasteiger partial charge is 0.466 e. The predicted octanol–water partition coefficient (Wildman–Crippen LogP) is 1.58. The van der Waals surface area contributed by atoms with E-state index in [4.69, 9.17) is 4.74 Å². The Morgan fingerprint density at radius 1 is 1.67 bits per heavy atom. The summed E-state index contributed by atoms with van der Waals surface area (Å²) >= 11 is 1.50. The minimum absolute atomic E-state index is 0.173. The molecule has 0 fully saturated rings. The molecule has 0 radical (unpaired) electrons. The van der Waals surface area contributed by atoms with Crippen molar-refractivity contribution in [1.82, 2.24) is 9.97 Å². The van der Waals surface area contributed by atoms with Crippen LogP contribution >= 0.6 is 11.3 Å². The molecular formula is C12H12N2O3S. The van der Waals surface area contributed by atoms with E-state index in [1.807, 2.05) is 0 Å². The topological polar surface area (TPSA) is 72.0 Å². The third kappa shape index (κ3) is 1.56. The van der Waals surface area contributed by atoms with E-state index in [0.717, 1.165) is 23.3 Å². The van der Waals surface area contributed by atoms with Crippen LogP contribution in [0.25, 0.3) is 10.2 Å². The normalized spacial score (nSPS) is 17.9. The van der Waals surface area contributed by atoms with Crippen LogP contribution in [0.15, 0.2) is 11.1 Å². The summed E-state index contributed by atoms with van der Waals surface area (Å²) in [5.74, 6) is -0.543. The molecule has 0 aliphatic heterocycles. The second-order valence-electron chi connectivity index (χ2n) is 4.19. The number of carbonyl (C=O) groups is 1. The zero-order valence-electron chi connectivity index (χ0n) is 9.86. The van der Waals surface area contributed by atoms with Gasteiger partial charge in [0.2, 0.25) is 0 Å². The highest BCUT2D eigenvalue weighted by molar-refractivity contribution is 7.18. The van der Waals surface area contributed by atoms with Crippen molar-refractivity contribution in [3.8, 4) is 0 Å². The molecule has 0 amide bonds. The van der Waals surface area contributed by atoms with Crippen molar-refractivity contribution in [3.63, 3.8) is 0 Å². The standard InChI is InChI=1S/C12H12N2O3S/c1-2-17-12(16)6-3-4-7-8(6)9-10(15)13-5-14-11(9)18-7/h5-6H,2-4H2,1H3,(H,13,14,15)/t6-/m1/s1. The molecule has 5 nitrogen and oxygen atoms in total. The highest BCUT2D eigenvalue weighted by Crippen LogP contribution is 2.42. The zero-order chi connectivity index (χ0) is 12.7. The molecule has 94 valence electrons. The van der Waals surface area contributed by atoms with Crippen LogP contribution in [0.4, 0.5) is 0 Å². The van der Waals surface area contributed by atoms with Gasteiger partial charge in [-0.1, -0.05) is 0 Å². The number of hydrogen-bond donors (Lipinski definition) is 1. The first-order valence-corrected chi connectivity index (χ1v) is 6.69. The van der Waals surface area contributed by atoms with Crippen LogP contribution in [0.3, 0.4) is 0 Å². The molecule has 0 saturated carbocycles. The predicted molar refractivity (Wildman–Crippen MR) is 67.9 cm³/mol. The molecule has 0 aromatic carbocycles. The Labute approximate surface area is 107 Å². The second-order valence-corrected chi connectivity index (χ2v) is 5.28. The summed E-state index contributed by atoms with van der Waals surface area (Å²) in [5, 5.41) is 0.563. The third-order valence-corrected chi connectivity index (χ3v) is 4.36. The number of fused-ring (bicyclic) bond motifs is 3. The van der Waals surface area contributed by atoms with E-state index < -0.39 is 0 Å². The average molecular weight is 264 g/mol. The van der Waals surface area contributed by atoms with Gasteiger partial charge in [-0.25, -0.2) is 4.98 Å². The van der Waals surface area contributed by atoms with Crippen LogP contribution in [0.1, 0.15) is 29.7 Å². The molecule has 18 heavy (non-hydrogen) atoms. The van der Waals surface area contributed by atoms with Crippen LogP contribution in [-0.2, 0) is 16.0 Å². The first kappa shape index (κ1) is 11.4. The SMILES string of the molecule is CCOC(=O)[C@@H]1CCc2sc3nc[nH]c(=O)c3c21. The summed E-state index contributed by atoms with van der Waals surface area (Å²) in [6, 6.07) is 0. The van der Waals surface area contributed by atoms with Gasteiger partial charge in [0.15, 0.2) is 0 Å². The van der Waals surface area contributed by atoms with E-state index in [1.54, 1.807) is 6.92 Å². The van der Waals surface area contributed by atoms with Crippen LogP contribution in [-0.4, -0.2) is 22.5 Å². The Balaban J connectivity index is 2.17. The van der Waals surface area contributed by atoms with Crippen molar-refractivity contribution in [2.45, 2.75) is 25.7 Å². The van der Waals surface area contributed by atoms with Crippen molar-refractivity contribution >= 4 is 27.5 Å². The van der Waals surface area contributed by atoms with Crippen LogP contribution in [0.2, 0.25) is 0 Å². The fourth-order valence-corrected chi connectivity index (χ4v) is 3.68. The molecule has 0 saturated heterocycles. The number of carbonyl (C=O) groups excluding carboxylic acids is 1. The summed E-state index contributed by atoms with van der Waals surface area (Å²) in [6.45, 7) is 2.15. The fraction of sp³-hybridized carbons (Fsp3) is 0.417. The Kier molecular flexibility index (Phi) is 2.66. The number of H-pyrrole nitrogens is 1. The van der Waals surface area contributed by atoms with Gasteiger partial charge in [0.1, 0.15) is 4.83 Å². The van der Waals surface area contributed by atoms with Gasteiger partial charge in [-0.2, -0.15) is 0 Å². The molecule has 1 N–H and O–H groups in total. The molecule has 0 bridgehead atoms. The zero-order valence-corrected chi connectivity index (χ0v) is 10.7. The number of esters is 1. The van der Waals surface area contributed by atoms with E-state index in [-0.39, 0.29) is 17.4 Å². The number of ether oxygens (including phenoxy) is 1. The maximum absolute atomic E-state index is 11.9. The molecule has 2 aromatic heterocycles. The van der Waals surface area contributed by atoms with Gasteiger partial charge in [-0.05, 0) is 25.3 Å². The summed E-state index contributed by atoms with van der Waals surface area (Å²) in [4.78, 5) is 32.3. The number of aromatic amines is 1. The molecule has 3 rings (SSSR count). The summed E-state index contributed by atoms with van der Waals surface area (Å²) < 4.78 is 5.07. The number of aryl methyl sites for hydroxylation is 1. The minimum Gasteiger partial charge on any atom is -0.466 e. The second kappa shape index (κ2) is 4.20. The number of hydrogen-bond acceptors (Lipinski definition) is 5. The van der Waals surface area contributed by atoms with Gasteiger partial charge in [-0.3, -0.25) is 9.59 Å². The summed E-state index contributed by atoms with van der Waals surface area (Å²) in [6.07, 6.45) is 2.94. The van der Waals surface area contributed by atoms with Crippen molar-refractivity contribution in [1.29, 1.82) is 0 Å². The van der Waals surface area contributed by atoms with Gasteiger partial charge in [-0.15, -0.1) is 11.3 Å². The molecule has 1 aliphatic rings. The van der Waals surface area contributed by atoms with Gasteiger partial charge >= 0.3 is 5.97 Å². The fourth-order valence-electron chi connectivity index (χ4n) is 2.46. The lowest BCUT2D eigenvalue weighted by molar-refractivity contribution is -0.144. The van der Waals surface area contributed by atoms with E-state index in [0.29, 0.717) is 16.8 Å². The van der Waals surface area contributed by atoms with E-state index >= 15 is 0 Å². The number of nitrogens with one attached hydrogen (secondary N) is 1. The van der Waals surface area contributed by atoms with Crippen LogP contribution in [0, 0.1) is 0 Å². The molecule has 0 spiro atoms. The molecule has 1 aliphatic carbocycles. The smallest absolute Gasteiger partial charge is 0.313 e. The van der Waals surface area contributed by atoms with Crippen molar-refractivity contribution in [2.75, 3.05) is 6.61 Å². The number of nitrogens with zero attached hydrogens (tertiary/aromatic N) is 1. The van der Waals surface area contributed by atoms with Crippen LogP contribution in [0.5, 0.6) is 0 Å². The maximum atomic E-state index is 11.9. The lowest BCUT2D eigenvalue weighted by Gasteiger charge is -2.09. The van der Waals surface area contributed by atoms with Gasteiger partial charge in [0.05, 0.1) is 24.2 Å². The number of thiophene rings is 1. The quantitative estimate of drug-likeness (QED) is 0.836. The summed E-state index contributed by atoms with van der Waals surface area (Å²) in [7, 11) is 0. The number of rotatable bonds is 2. The highest BCUT2D eigenvalue weighted by atomic mass is 32.1. The highest BCUT2D eigenvalue weighted by Gasteiger charge is 2.34. The molecular weight excluding hydrogens is 252 g/mol. The van der Waals surface area contributed by atoms with Gasteiger partial charge in [0, 0.05) is 4.88 Å². The third-order valence-electron chi connectivity index (χ3n) is 3.19. The Morgan fingerprint density at radius 3 is 3.28 bits per heavy atom.